The van der Waals surface area contributed by atoms with E-state index in [0.717, 1.165) is 28.4 Å². The highest BCUT2D eigenvalue weighted by Gasteiger charge is 2.18. The zero-order valence-electron chi connectivity index (χ0n) is 16.2. The number of hydrogen-bond acceptors (Lipinski definition) is 4. The summed E-state index contributed by atoms with van der Waals surface area (Å²) in [5.41, 5.74) is 2.86. The van der Waals surface area contributed by atoms with Crippen LogP contribution in [0.5, 0.6) is 0 Å². The topological polar surface area (TPSA) is 61.9 Å². The minimum absolute atomic E-state index is 0.0189. The Hall–Kier alpha value is -2.78. The Balaban J connectivity index is 1.80. The van der Waals surface area contributed by atoms with Crippen LogP contribution in [0.2, 0.25) is 0 Å². The van der Waals surface area contributed by atoms with Crippen LogP contribution in [0.3, 0.4) is 0 Å². The van der Waals surface area contributed by atoms with Gasteiger partial charge in [0, 0.05) is 18.8 Å². The molecule has 0 aliphatic carbocycles. The van der Waals surface area contributed by atoms with Crippen molar-refractivity contribution >= 4 is 34.4 Å². The number of para-hydroxylation sites is 3. The van der Waals surface area contributed by atoms with Gasteiger partial charge < -0.3 is 9.47 Å². The van der Waals surface area contributed by atoms with E-state index in [1.807, 2.05) is 48.5 Å². The molecule has 0 saturated carbocycles. The largest absolute Gasteiger partial charge is 0.319 e. The first kappa shape index (κ1) is 20.0. The normalized spacial score (nSPS) is 10.9. The van der Waals surface area contributed by atoms with E-state index >= 15 is 0 Å². The summed E-state index contributed by atoms with van der Waals surface area (Å²) in [5, 5.41) is 9.80. The Labute approximate surface area is 170 Å². The third-order valence-corrected chi connectivity index (χ3v) is 5.27. The summed E-state index contributed by atoms with van der Waals surface area (Å²) >= 11 is 1.46. The smallest absolute Gasteiger partial charge is 0.237 e. The first-order valence-corrected chi connectivity index (χ1v) is 10.4. The number of benzene rings is 2. The summed E-state index contributed by atoms with van der Waals surface area (Å²) in [7, 11) is 0. The average molecular weight is 393 g/mol. The highest BCUT2D eigenvalue weighted by atomic mass is 32.2. The van der Waals surface area contributed by atoms with Crippen LogP contribution in [-0.4, -0.2) is 27.8 Å². The molecular formula is C22H24N4OS. The van der Waals surface area contributed by atoms with Crippen molar-refractivity contribution in [3.05, 3.63) is 54.6 Å². The van der Waals surface area contributed by atoms with Gasteiger partial charge >= 0.3 is 0 Å². The predicted octanol–water partition coefficient (Wildman–Crippen LogP) is 4.73. The highest BCUT2D eigenvalue weighted by Crippen LogP contribution is 2.26. The molecule has 6 heteroatoms. The van der Waals surface area contributed by atoms with Gasteiger partial charge in [-0.1, -0.05) is 55.9 Å². The number of nitrogens with zero attached hydrogens (tertiary/aromatic N) is 4. The molecule has 0 N–H and O–H groups in total. The Morgan fingerprint density at radius 2 is 1.89 bits per heavy atom. The number of carbonyl (C=O) groups is 1. The van der Waals surface area contributed by atoms with E-state index in [-0.39, 0.29) is 11.7 Å². The van der Waals surface area contributed by atoms with Crippen LogP contribution < -0.4 is 4.90 Å². The summed E-state index contributed by atoms with van der Waals surface area (Å²) in [6, 6.07) is 19.7. The number of hydrogen-bond donors (Lipinski definition) is 0. The lowest BCUT2D eigenvalue weighted by Gasteiger charge is -2.21. The van der Waals surface area contributed by atoms with Gasteiger partial charge in [-0.15, -0.1) is 0 Å². The van der Waals surface area contributed by atoms with Crippen molar-refractivity contribution < 1.29 is 4.79 Å². The molecule has 0 fully saturated rings. The number of aromatic nitrogens is 2. The lowest BCUT2D eigenvalue weighted by atomic mass is 10.2. The highest BCUT2D eigenvalue weighted by molar-refractivity contribution is 7.99. The van der Waals surface area contributed by atoms with Gasteiger partial charge in [0.15, 0.2) is 5.16 Å². The van der Waals surface area contributed by atoms with Crippen molar-refractivity contribution in [2.75, 3.05) is 17.2 Å². The molecule has 5 nitrogen and oxygen atoms in total. The molecule has 0 atom stereocenters. The minimum atomic E-state index is -0.0189. The number of fused-ring (bicyclic) bond motifs is 1. The third kappa shape index (κ3) is 4.73. The van der Waals surface area contributed by atoms with Crippen molar-refractivity contribution in [1.29, 1.82) is 5.26 Å². The molecule has 0 bridgehead atoms. The molecule has 1 aromatic heterocycles. The third-order valence-electron chi connectivity index (χ3n) is 4.31. The molecule has 1 amide bonds. The van der Waals surface area contributed by atoms with Crippen LogP contribution in [0.25, 0.3) is 11.0 Å². The Morgan fingerprint density at radius 3 is 2.61 bits per heavy atom. The number of rotatable bonds is 8. The lowest BCUT2D eigenvalue weighted by molar-refractivity contribution is -0.116. The number of carbonyl (C=O) groups excluding carboxylic acids is 1. The molecule has 0 spiro atoms. The van der Waals surface area contributed by atoms with Gasteiger partial charge in [-0.2, -0.15) is 5.26 Å². The zero-order valence-corrected chi connectivity index (χ0v) is 17.0. The summed E-state index contributed by atoms with van der Waals surface area (Å²) in [5.74, 6) is 0.737. The predicted molar refractivity (Wildman–Crippen MR) is 114 cm³/mol. The number of anilines is 1. The Morgan fingerprint density at radius 1 is 1.18 bits per heavy atom. The van der Waals surface area contributed by atoms with Crippen LogP contribution >= 0.6 is 11.8 Å². The molecule has 0 aliphatic rings. The summed E-state index contributed by atoms with van der Waals surface area (Å²) in [6.45, 7) is 5.59. The second-order valence-electron chi connectivity index (χ2n) is 6.97. The Kier molecular flexibility index (Phi) is 6.72. The van der Waals surface area contributed by atoms with Gasteiger partial charge in [-0.05, 0) is 30.2 Å². The van der Waals surface area contributed by atoms with E-state index in [1.54, 1.807) is 4.90 Å². The first-order valence-electron chi connectivity index (χ1n) is 9.40. The number of imidazole rings is 1. The summed E-state index contributed by atoms with van der Waals surface area (Å²) < 4.78 is 2.19. The minimum Gasteiger partial charge on any atom is -0.319 e. The molecule has 1 heterocycles. The van der Waals surface area contributed by atoms with Crippen molar-refractivity contribution in [3.63, 3.8) is 0 Å². The van der Waals surface area contributed by atoms with E-state index in [9.17, 15) is 4.79 Å². The monoisotopic (exact) mass is 392 g/mol. The van der Waals surface area contributed by atoms with Gasteiger partial charge in [0.05, 0.1) is 29.3 Å². The van der Waals surface area contributed by atoms with E-state index in [0.29, 0.717) is 18.9 Å². The number of nitriles is 1. The summed E-state index contributed by atoms with van der Waals surface area (Å²) in [6.07, 6.45) is 0.303. The van der Waals surface area contributed by atoms with Gasteiger partial charge in [-0.25, -0.2) is 4.98 Å². The van der Waals surface area contributed by atoms with Crippen molar-refractivity contribution in [2.45, 2.75) is 32.0 Å². The second-order valence-corrected chi connectivity index (χ2v) is 7.91. The maximum absolute atomic E-state index is 12.9. The van der Waals surface area contributed by atoms with E-state index in [1.165, 1.54) is 11.8 Å². The fourth-order valence-electron chi connectivity index (χ4n) is 3.08. The van der Waals surface area contributed by atoms with Gasteiger partial charge in [0.1, 0.15) is 0 Å². The fourth-order valence-corrected chi connectivity index (χ4v) is 3.98. The zero-order chi connectivity index (χ0) is 19.9. The quantitative estimate of drug-likeness (QED) is 0.520. The molecule has 0 saturated heterocycles. The molecule has 3 aromatic rings. The Bertz CT molecular complexity index is 975. The standard InChI is InChI=1S/C22H24N4OS/c1-17(2)15-26-20-12-7-6-11-19(20)24-22(26)28-16-21(27)25(14-8-13-23)18-9-4-3-5-10-18/h3-7,9-12,17H,8,14-16H2,1-2H3. The average Bonchev–Trinajstić information content (AvgIpc) is 3.04. The van der Waals surface area contributed by atoms with E-state index < -0.39 is 0 Å². The van der Waals surface area contributed by atoms with Crippen molar-refractivity contribution in [2.24, 2.45) is 5.92 Å². The molecule has 0 radical (unpaired) electrons. The van der Waals surface area contributed by atoms with Gasteiger partial charge in [0.2, 0.25) is 5.91 Å². The number of amides is 1. The molecule has 0 unspecified atom stereocenters. The van der Waals surface area contributed by atoms with Crippen LogP contribution in [-0.2, 0) is 11.3 Å². The van der Waals surface area contributed by atoms with Gasteiger partial charge in [-0.3, -0.25) is 4.79 Å². The molecule has 144 valence electrons. The molecule has 0 aliphatic heterocycles. The lowest BCUT2D eigenvalue weighted by Crippen LogP contribution is -2.33. The van der Waals surface area contributed by atoms with Gasteiger partial charge in [0.25, 0.3) is 0 Å². The molecular weight excluding hydrogens is 368 g/mol. The first-order chi connectivity index (χ1) is 13.6. The van der Waals surface area contributed by atoms with E-state index in [2.05, 4.69) is 30.6 Å². The van der Waals surface area contributed by atoms with Crippen LogP contribution in [0, 0.1) is 17.2 Å². The SMILES string of the molecule is CC(C)Cn1c(SCC(=O)N(CCC#N)c2ccccc2)nc2ccccc21. The molecule has 3 rings (SSSR count). The van der Waals surface area contributed by atoms with Crippen molar-refractivity contribution in [3.8, 4) is 6.07 Å². The maximum atomic E-state index is 12.9. The maximum Gasteiger partial charge on any atom is 0.237 e. The fraction of sp³-hybridized carbons (Fsp3) is 0.318. The number of thioether (sulfide) groups is 1. The molecule has 2 aromatic carbocycles. The van der Waals surface area contributed by atoms with Crippen LogP contribution in [0.15, 0.2) is 59.8 Å². The summed E-state index contributed by atoms with van der Waals surface area (Å²) in [4.78, 5) is 19.4. The van der Waals surface area contributed by atoms with Crippen LogP contribution in [0.1, 0.15) is 20.3 Å². The second kappa shape index (κ2) is 9.43. The van der Waals surface area contributed by atoms with Crippen LogP contribution in [0.4, 0.5) is 5.69 Å². The van der Waals surface area contributed by atoms with Crippen molar-refractivity contribution in [1.82, 2.24) is 9.55 Å². The van der Waals surface area contributed by atoms with E-state index in [4.69, 9.17) is 10.2 Å². The molecule has 28 heavy (non-hydrogen) atoms.